The zero-order valence-electron chi connectivity index (χ0n) is 7.54. The van der Waals surface area contributed by atoms with Crippen LogP contribution in [-0.4, -0.2) is 0 Å². The Bertz CT molecular complexity index is 306. The number of hydrogen-bond donors (Lipinski definition) is 1. The molecule has 0 spiro atoms. The molecule has 1 aromatic rings. The van der Waals surface area contributed by atoms with Crippen molar-refractivity contribution in [2.75, 3.05) is 0 Å². The summed E-state index contributed by atoms with van der Waals surface area (Å²) in [5, 5.41) is 0.444. The summed E-state index contributed by atoms with van der Waals surface area (Å²) in [5.41, 5.74) is 6.36. The number of hydrogen-bond acceptors (Lipinski definition) is 1. The predicted octanol–water partition coefficient (Wildman–Crippen LogP) is 3.31. The SMILES string of the molecule is Cl.N[C@H](c1c(F)cccc1Cl)C1CC1. The van der Waals surface area contributed by atoms with Crippen LogP contribution in [0.15, 0.2) is 18.2 Å². The van der Waals surface area contributed by atoms with Gasteiger partial charge in [0.1, 0.15) is 5.82 Å². The van der Waals surface area contributed by atoms with E-state index in [1.54, 1.807) is 12.1 Å². The molecule has 0 aromatic heterocycles. The van der Waals surface area contributed by atoms with E-state index in [4.69, 9.17) is 17.3 Å². The molecule has 2 N–H and O–H groups in total. The molecular formula is C10H12Cl2FN. The van der Waals surface area contributed by atoms with Crippen molar-refractivity contribution in [3.8, 4) is 0 Å². The average Bonchev–Trinajstić information content (AvgIpc) is 2.85. The van der Waals surface area contributed by atoms with Crippen LogP contribution in [-0.2, 0) is 0 Å². The first-order chi connectivity index (χ1) is 6.20. The van der Waals surface area contributed by atoms with E-state index in [9.17, 15) is 4.39 Å². The van der Waals surface area contributed by atoms with E-state index in [1.165, 1.54) is 6.07 Å². The van der Waals surface area contributed by atoms with Gasteiger partial charge in [0.25, 0.3) is 0 Å². The van der Waals surface area contributed by atoms with E-state index >= 15 is 0 Å². The first-order valence-corrected chi connectivity index (χ1v) is 4.77. The van der Waals surface area contributed by atoms with Crippen LogP contribution in [0, 0.1) is 11.7 Å². The van der Waals surface area contributed by atoms with Crippen LogP contribution in [0.2, 0.25) is 5.02 Å². The van der Waals surface area contributed by atoms with E-state index in [-0.39, 0.29) is 24.3 Å². The van der Waals surface area contributed by atoms with Crippen molar-refractivity contribution >= 4 is 24.0 Å². The van der Waals surface area contributed by atoms with Crippen LogP contribution in [0.1, 0.15) is 24.4 Å². The zero-order chi connectivity index (χ0) is 9.42. The van der Waals surface area contributed by atoms with Gasteiger partial charge in [-0.05, 0) is 30.9 Å². The number of benzene rings is 1. The molecule has 0 radical (unpaired) electrons. The van der Waals surface area contributed by atoms with Gasteiger partial charge in [-0.25, -0.2) is 4.39 Å². The van der Waals surface area contributed by atoms with E-state index in [1.807, 2.05) is 0 Å². The molecule has 1 saturated carbocycles. The molecule has 0 amide bonds. The summed E-state index contributed by atoms with van der Waals surface area (Å²) >= 11 is 5.88. The van der Waals surface area contributed by atoms with Gasteiger partial charge in [0.15, 0.2) is 0 Å². The number of halogens is 3. The molecule has 78 valence electrons. The molecule has 2 rings (SSSR count). The van der Waals surface area contributed by atoms with Crippen LogP contribution < -0.4 is 5.73 Å². The molecule has 0 aliphatic heterocycles. The van der Waals surface area contributed by atoms with Crippen molar-refractivity contribution in [3.63, 3.8) is 0 Å². The number of nitrogens with two attached hydrogens (primary N) is 1. The molecule has 1 fully saturated rings. The molecule has 1 atom stereocenters. The first-order valence-electron chi connectivity index (χ1n) is 4.39. The molecule has 0 unspecified atom stereocenters. The van der Waals surface area contributed by atoms with Crippen molar-refractivity contribution < 1.29 is 4.39 Å². The third-order valence-electron chi connectivity index (χ3n) is 2.46. The smallest absolute Gasteiger partial charge is 0.129 e. The summed E-state index contributed by atoms with van der Waals surface area (Å²) in [6.45, 7) is 0. The zero-order valence-corrected chi connectivity index (χ0v) is 9.11. The summed E-state index contributed by atoms with van der Waals surface area (Å²) in [6, 6.07) is 4.46. The lowest BCUT2D eigenvalue weighted by Crippen LogP contribution is -2.14. The van der Waals surface area contributed by atoms with Gasteiger partial charge in [-0.3, -0.25) is 0 Å². The molecule has 1 aromatic carbocycles. The Morgan fingerprint density at radius 1 is 1.43 bits per heavy atom. The maximum absolute atomic E-state index is 13.3. The second kappa shape index (κ2) is 4.47. The van der Waals surface area contributed by atoms with Crippen molar-refractivity contribution in [1.82, 2.24) is 0 Å². The minimum atomic E-state index is -0.285. The van der Waals surface area contributed by atoms with Crippen molar-refractivity contribution in [1.29, 1.82) is 0 Å². The monoisotopic (exact) mass is 235 g/mol. The van der Waals surface area contributed by atoms with Gasteiger partial charge in [-0.2, -0.15) is 0 Å². The van der Waals surface area contributed by atoms with Gasteiger partial charge in [-0.15, -0.1) is 12.4 Å². The Morgan fingerprint density at radius 2 is 2.07 bits per heavy atom. The molecule has 0 bridgehead atoms. The highest BCUT2D eigenvalue weighted by molar-refractivity contribution is 6.31. The van der Waals surface area contributed by atoms with Crippen LogP contribution in [0.5, 0.6) is 0 Å². The third-order valence-corrected chi connectivity index (χ3v) is 2.79. The second-order valence-electron chi connectivity index (χ2n) is 3.50. The fourth-order valence-electron chi connectivity index (χ4n) is 1.52. The van der Waals surface area contributed by atoms with Crippen LogP contribution >= 0.6 is 24.0 Å². The second-order valence-corrected chi connectivity index (χ2v) is 3.91. The van der Waals surface area contributed by atoms with Crippen molar-refractivity contribution in [3.05, 3.63) is 34.6 Å². The fourth-order valence-corrected chi connectivity index (χ4v) is 1.81. The highest BCUT2D eigenvalue weighted by Crippen LogP contribution is 2.42. The average molecular weight is 236 g/mol. The molecule has 1 aliphatic carbocycles. The van der Waals surface area contributed by atoms with Crippen LogP contribution in [0.4, 0.5) is 4.39 Å². The lowest BCUT2D eigenvalue weighted by atomic mass is 10.0. The summed E-state index contributed by atoms with van der Waals surface area (Å²) in [4.78, 5) is 0. The molecule has 14 heavy (non-hydrogen) atoms. The summed E-state index contributed by atoms with van der Waals surface area (Å²) in [5.74, 6) is 0.140. The third kappa shape index (κ3) is 2.19. The molecule has 0 heterocycles. The quantitative estimate of drug-likeness (QED) is 0.837. The lowest BCUT2D eigenvalue weighted by molar-refractivity contribution is 0.554. The Labute approximate surface area is 93.8 Å². The largest absolute Gasteiger partial charge is 0.324 e. The molecule has 0 saturated heterocycles. The van der Waals surface area contributed by atoms with E-state index in [2.05, 4.69) is 0 Å². The van der Waals surface area contributed by atoms with Gasteiger partial charge in [0.05, 0.1) is 0 Å². The summed E-state index contributed by atoms with van der Waals surface area (Å²) in [7, 11) is 0. The van der Waals surface area contributed by atoms with Gasteiger partial charge in [0.2, 0.25) is 0 Å². The topological polar surface area (TPSA) is 26.0 Å². The standard InChI is InChI=1S/C10H11ClFN.ClH/c11-7-2-1-3-8(12)9(7)10(13)6-4-5-6;/h1-3,6,10H,4-5,13H2;1H/t10-;/m0./s1. The highest BCUT2D eigenvalue weighted by atomic mass is 35.5. The summed E-state index contributed by atoms with van der Waals surface area (Å²) < 4.78 is 13.3. The Morgan fingerprint density at radius 3 is 2.57 bits per heavy atom. The highest BCUT2D eigenvalue weighted by Gasteiger charge is 2.32. The maximum Gasteiger partial charge on any atom is 0.129 e. The minimum Gasteiger partial charge on any atom is -0.324 e. The Hall–Kier alpha value is -0.310. The molecular weight excluding hydrogens is 224 g/mol. The fraction of sp³-hybridized carbons (Fsp3) is 0.400. The van der Waals surface area contributed by atoms with E-state index in [0.717, 1.165) is 12.8 Å². The molecule has 1 nitrogen and oxygen atoms in total. The lowest BCUT2D eigenvalue weighted by Gasteiger charge is -2.13. The number of rotatable bonds is 2. The minimum absolute atomic E-state index is 0. The van der Waals surface area contributed by atoms with Gasteiger partial charge in [-0.1, -0.05) is 17.7 Å². The van der Waals surface area contributed by atoms with E-state index < -0.39 is 0 Å². The van der Waals surface area contributed by atoms with Gasteiger partial charge >= 0.3 is 0 Å². The van der Waals surface area contributed by atoms with Crippen molar-refractivity contribution in [2.45, 2.75) is 18.9 Å². The molecule has 1 aliphatic rings. The normalized spacial score (nSPS) is 17.4. The van der Waals surface area contributed by atoms with Gasteiger partial charge < -0.3 is 5.73 Å². The van der Waals surface area contributed by atoms with Crippen LogP contribution in [0.3, 0.4) is 0 Å². The van der Waals surface area contributed by atoms with E-state index in [0.29, 0.717) is 16.5 Å². The van der Waals surface area contributed by atoms with Crippen LogP contribution in [0.25, 0.3) is 0 Å². The Balaban J connectivity index is 0.000000980. The first kappa shape index (κ1) is 11.8. The maximum atomic E-state index is 13.3. The Kier molecular flexibility index (Phi) is 3.76. The summed E-state index contributed by atoms with van der Waals surface area (Å²) in [6.07, 6.45) is 2.18. The van der Waals surface area contributed by atoms with Gasteiger partial charge in [0, 0.05) is 16.6 Å². The van der Waals surface area contributed by atoms with Crippen molar-refractivity contribution in [2.24, 2.45) is 11.7 Å². The molecule has 4 heteroatoms. The predicted molar refractivity (Wildman–Crippen MR) is 58.3 cm³/mol.